The van der Waals surface area contributed by atoms with E-state index < -0.39 is 0 Å². The number of imidazole rings is 1. The Morgan fingerprint density at radius 1 is 1.33 bits per heavy atom. The molecule has 2 heterocycles. The normalized spacial score (nSPS) is 10.6. The summed E-state index contributed by atoms with van der Waals surface area (Å²) in [6.07, 6.45) is 3.44. The molecule has 0 fully saturated rings. The number of hydrogen-bond donors (Lipinski definition) is 1. The Balaban J connectivity index is 2.58. The standard InChI is InChI=1S/C11H13N3O/c1-8-9(2)14(7-13-8)11-10(6-15)4-3-5-12-11/h3-5,7,15H,6H2,1-2H3. The van der Waals surface area contributed by atoms with Crippen LogP contribution >= 0.6 is 0 Å². The molecule has 0 saturated carbocycles. The predicted octanol–water partition coefficient (Wildman–Crippen LogP) is 1.38. The van der Waals surface area contributed by atoms with E-state index in [1.807, 2.05) is 30.5 Å². The summed E-state index contributed by atoms with van der Waals surface area (Å²) in [7, 11) is 0. The van der Waals surface area contributed by atoms with Crippen molar-refractivity contribution in [1.82, 2.24) is 14.5 Å². The first-order valence-corrected chi connectivity index (χ1v) is 4.79. The SMILES string of the molecule is Cc1ncn(-c2ncccc2CO)c1C. The third-order valence-electron chi connectivity index (χ3n) is 2.52. The van der Waals surface area contributed by atoms with E-state index in [0.29, 0.717) is 0 Å². The van der Waals surface area contributed by atoms with Crippen molar-refractivity contribution in [3.05, 3.63) is 41.6 Å². The van der Waals surface area contributed by atoms with Crippen LogP contribution in [0.25, 0.3) is 5.82 Å². The Bertz CT molecular complexity index is 476. The molecule has 1 N–H and O–H groups in total. The molecule has 2 aromatic heterocycles. The van der Waals surface area contributed by atoms with Crippen LogP contribution in [0.5, 0.6) is 0 Å². The maximum atomic E-state index is 9.20. The molecule has 0 atom stereocenters. The van der Waals surface area contributed by atoms with Crippen LogP contribution in [-0.4, -0.2) is 19.6 Å². The van der Waals surface area contributed by atoms with Gasteiger partial charge in [-0.05, 0) is 19.9 Å². The first-order valence-electron chi connectivity index (χ1n) is 4.79. The van der Waals surface area contributed by atoms with Gasteiger partial charge in [0.2, 0.25) is 0 Å². The summed E-state index contributed by atoms with van der Waals surface area (Å²) in [6.45, 7) is 3.92. The first kappa shape index (κ1) is 9.86. The summed E-state index contributed by atoms with van der Waals surface area (Å²) in [4.78, 5) is 8.47. The number of nitrogens with zero attached hydrogens (tertiary/aromatic N) is 3. The predicted molar refractivity (Wildman–Crippen MR) is 56.8 cm³/mol. The number of aromatic nitrogens is 3. The lowest BCUT2D eigenvalue weighted by Crippen LogP contribution is -2.03. The molecule has 15 heavy (non-hydrogen) atoms. The molecular weight excluding hydrogens is 190 g/mol. The summed E-state index contributed by atoms with van der Waals surface area (Å²) in [6, 6.07) is 3.67. The van der Waals surface area contributed by atoms with E-state index in [-0.39, 0.29) is 6.61 Å². The van der Waals surface area contributed by atoms with Crippen molar-refractivity contribution in [2.24, 2.45) is 0 Å². The van der Waals surface area contributed by atoms with Gasteiger partial charge >= 0.3 is 0 Å². The molecule has 4 nitrogen and oxygen atoms in total. The number of aliphatic hydroxyl groups is 1. The summed E-state index contributed by atoms with van der Waals surface area (Å²) in [5.41, 5.74) is 2.82. The Hall–Kier alpha value is -1.68. The maximum absolute atomic E-state index is 9.20. The average Bonchev–Trinajstić information content (AvgIpc) is 2.60. The van der Waals surface area contributed by atoms with Gasteiger partial charge in [0.1, 0.15) is 12.1 Å². The van der Waals surface area contributed by atoms with Gasteiger partial charge in [0.15, 0.2) is 0 Å². The molecule has 4 heteroatoms. The fourth-order valence-corrected chi connectivity index (χ4v) is 1.48. The van der Waals surface area contributed by atoms with Crippen molar-refractivity contribution in [2.75, 3.05) is 0 Å². The first-order chi connectivity index (χ1) is 7.24. The highest BCUT2D eigenvalue weighted by Gasteiger charge is 2.08. The summed E-state index contributed by atoms with van der Waals surface area (Å²) in [5, 5.41) is 9.20. The van der Waals surface area contributed by atoms with E-state index in [1.54, 1.807) is 12.5 Å². The lowest BCUT2D eigenvalue weighted by atomic mass is 10.2. The van der Waals surface area contributed by atoms with E-state index in [2.05, 4.69) is 9.97 Å². The fourth-order valence-electron chi connectivity index (χ4n) is 1.48. The van der Waals surface area contributed by atoms with Gasteiger partial charge in [-0.3, -0.25) is 4.57 Å². The molecule has 0 radical (unpaired) electrons. The highest BCUT2D eigenvalue weighted by atomic mass is 16.3. The van der Waals surface area contributed by atoms with Gasteiger partial charge in [0, 0.05) is 17.5 Å². The molecule has 0 aliphatic heterocycles. The summed E-state index contributed by atoms with van der Waals surface area (Å²) >= 11 is 0. The van der Waals surface area contributed by atoms with Crippen LogP contribution in [0, 0.1) is 13.8 Å². The molecule has 0 aliphatic carbocycles. The minimum absolute atomic E-state index is 0.0140. The number of hydrogen-bond acceptors (Lipinski definition) is 3. The van der Waals surface area contributed by atoms with E-state index >= 15 is 0 Å². The molecule has 0 saturated heterocycles. The number of rotatable bonds is 2. The minimum atomic E-state index is -0.0140. The van der Waals surface area contributed by atoms with Crippen LogP contribution in [-0.2, 0) is 6.61 Å². The maximum Gasteiger partial charge on any atom is 0.143 e. The summed E-state index contributed by atoms with van der Waals surface area (Å²) in [5.74, 6) is 0.748. The molecule has 0 aliphatic rings. The molecule has 2 aromatic rings. The van der Waals surface area contributed by atoms with Crippen molar-refractivity contribution in [2.45, 2.75) is 20.5 Å². The zero-order chi connectivity index (χ0) is 10.8. The monoisotopic (exact) mass is 203 g/mol. The number of aryl methyl sites for hydroxylation is 1. The van der Waals surface area contributed by atoms with Crippen LogP contribution in [0.4, 0.5) is 0 Å². The van der Waals surface area contributed by atoms with Gasteiger partial charge in [-0.25, -0.2) is 9.97 Å². The van der Waals surface area contributed by atoms with Crippen molar-refractivity contribution in [1.29, 1.82) is 0 Å². The van der Waals surface area contributed by atoms with Crippen LogP contribution < -0.4 is 0 Å². The van der Waals surface area contributed by atoms with E-state index in [4.69, 9.17) is 0 Å². The van der Waals surface area contributed by atoms with Crippen molar-refractivity contribution in [3.8, 4) is 5.82 Å². The van der Waals surface area contributed by atoms with Crippen LogP contribution in [0.15, 0.2) is 24.7 Å². The van der Waals surface area contributed by atoms with Crippen molar-refractivity contribution in [3.63, 3.8) is 0 Å². The van der Waals surface area contributed by atoms with Crippen molar-refractivity contribution >= 4 is 0 Å². The van der Waals surface area contributed by atoms with Gasteiger partial charge in [-0.15, -0.1) is 0 Å². The molecule has 0 bridgehead atoms. The Morgan fingerprint density at radius 2 is 2.13 bits per heavy atom. The van der Waals surface area contributed by atoms with Gasteiger partial charge in [-0.2, -0.15) is 0 Å². The second-order valence-corrected chi connectivity index (χ2v) is 3.43. The van der Waals surface area contributed by atoms with Gasteiger partial charge in [-0.1, -0.05) is 6.07 Å². The Morgan fingerprint density at radius 3 is 2.73 bits per heavy atom. The van der Waals surface area contributed by atoms with E-state index in [9.17, 15) is 5.11 Å². The van der Waals surface area contributed by atoms with Gasteiger partial charge in [0.25, 0.3) is 0 Å². The van der Waals surface area contributed by atoms with Gasteiger partial charge in [0.05, 0.1) is 12.3 Å². The lowest BCUT2D eigenvalue weighted by Gasteiger charge is -2.08. The third kappa shape index (κ3) is 1.64. The molecule has 2 rings (SSSR count). The summed E-state index contributed by atoms with van der Waals surface area (Å²) < 4.78 is 1.89. The van der Waals surface area contributed by atoms with Crippen molar-refractivity contribution < 1.29 is 5.11 Å². The second kappa shape index (κ2) is 3.82. The molecule has 78 valence electrons. The van der Waals surface area contributed by atoms with E-state index in [0.717, 1.165) is 22.8 Å². The number of pyridine rings is 1. The molecule has 0 amide bonds. The molecule has 0 unspecified atom stereocenters. The van der Waals surface area contributed by atoms with Gasteiger partial charge < -0.3 is 5.11 Å². The second-order valence-electron chi connectivity index (χ2n) is 3.43. The zero-order valence-corrected chi connectivity index (χ0v) is 8.81. The highest BCUT2D eigenvalue weighted by Crippen LogP contribution is 2.15. The quantitative estimate of drug-likeness (QED) is 0.802. The molecular formula is C11H13N3O. The smallest absolute Gasteiger partial charge is 0.143 e. The minimum Gasteiger partial charge on any atom is -0.392 e. The topological polar surface area (TPSA) is 50.9 Å². The molecule has 0 aromatic carbocycles. The van der Waals surface area contributed by atoms with Crippen LogP contribution in [0.1, 0.15) is 17.0 Å². The largest absolute Gasteiger partial charge is 0.392 e. The van der Waals surface area contributed by atoms with Crippen LogP contribution in [0.2, 0.25) is 0 Å². The van der Waals surface area contributed by atoms with Crippen LogP contribution in [0.3, 0.4) is 0 Å². The Labute approximate surface area is 88.2 Å². The fraction of sp³-hybridized carbons (Fsp3) is 0.273. The number of aliphatic hydroxyl groups excluding tert-OH is 1. The van der Waals surface area contributed by atoms with E-state index in [1.165, 1.54) is 0 Å². The average molecular weight is 203 g/mol. The Kier molecular flexibility index (Phi) is 2.51. The third-order valence-corrected chi connectivity index (χ3v) is 2.52. The molecule has 0 spiro atoms. The highest BCUT2D eigenvalue weighted by molar-refractivity contribution is 5.35. The zero-order valence-electron chi connectivity index (χ0n) is 8.81. The lowest BCUT2D eigenvalue weighted by molar-refractivity contribution is 0.281.